The fourth-order valence-electron chi connectivity index (χ4n) is 4.09. The van der Waals surface area contributed by atoms with Gasteiger partial charge < -0.3 is 0 Å². The molecule has 2 amide bonds. The highest BCUT2D eigenvalue weighted by molar-refractivity contribution is 5.94. The van der Waals surface area contributed by atoms with Crippen molar-refractivity contribution in [2.45, 2.75) is 84.1 Å². The molecule has 4 N–H and O–H groups in total. The van der Waals surface area contributed by atoms with E-state index in [1.807, 2.05) is 23.8 Å². The van der Waals surface area contributed by atoms with Gasteiger partial charge in [-0.3, -0.25) is 24.8 Å². The lowest BCUT2D eigenvalue weighted by Crippen LogP contribution is -2.63. The maximum absolute atomic E-state index is 13.0. The van der Waals surface area contributed by atoms with Crippen molar-refractivity contribution in [3.63, 3.8) is 0 Å². The first kappa shape index (κ1) is 24.6. The quantitative estimate of drug-likeness (QED) is 0.311. The predicted octanol–water partition coefficient (Wildman–Crippen LogP) is 0.750. The van der Waals surface area contributed by atoms with Gasteiger partial charge in [-0.1, -0.05) is 58.8 Å². The first-order chi connectivity index (χ1) is 14.7. The molecule has 1 aliphatic carbocycles. The van der Waals surface area contributed by atoms with Crippen LogP contribution in [0.5, 0.6) is 0 Å². The Hall–Kier alpha value is -2.69. The Morgan fingerprint density at radius 1 is 1.10 bits per heavy atom. The van der Waals surface area contributed by atoms with Crippen molar-refractivity contribution in [3.05, 3.63) is 31.5 Å². The van der Waals surface area contributed by atoms with Crippen molar-refractivity contribution in [1.29, 1.82) is 0 Å². The van der Waals surface area contributed by atoms with Crippen LogP contribution in [0.3, 0.4) is 0 Å². The lowest BCUT2D eigenvalue weighted by Gasteiger charge is -2.31. The summed E-state index contributed by atoms with van der Waals surface area (Å²) in [6, 6.07) is -1.28. The van der Waals surface area contributed by atoms with E-state index in [-0.39, 0.29) is 18.8 Å². The Morgan fingerprint density at radius 3 is 2.26 bits per heavy atom. The Balaban J connectivity index is 2.35. The normalized spacial score (nSPS) is 15.6. The van der Waals surface area contributed by atoms with Gasteiger partial charge in [0, 0.05) is 6.42 Å². The average Bonchev–Trinajstić information content (AvgIpc) is 2.72. The molecular weight excluding hydrogens is 406 g/mol. The second-order valence-corrected chi connectivity index (χ2v) is 8.60. The van der Waals surface area contributed by atoms with Crippen LogP contribution in [0.15, 0.2) is 14.4 Å². The number of amides is 2. The van der Waals surface area contributed by atoms with Gasteiger partial charge in [0.25, 0.3) is 5.91 Å². The molecule has 11 nitrogen and oxygen atoms in total. The summed E-state index contributed by atoms with van der Waals surface area (Å²) in [7, 11) is 0. The number of hydrogen-bond acceptors (Lipinski definition) is 6. The maximum atomic E-state index is 13.0. The van der Waals surface area contributed by atoms with Crippen molar-refractivity contribution in [1.82, 2.24) is 20.1 Å². The standard InChI is InChI=1S/C20H33N5O6/c1-13(2)11-12-16(26)24(25-19(29)21-18(28)22-20(25)30)15(17(27)23-31)10-6-9-14-7-4-3-5-8-14/h13-15,31H,3-12H2,1-2H3,(H,23,27)(H2,21,22,28,29,30)/t15-/m0/s1. The number of aromatic nitrogens is 3. The molecule has 1 saturated carbocycles. The summed E-state index contributed by atoms with van der Waals surface area (Å²) >= 11 is 0. The largest absolute Gasteiger partial charge is 0.353 e. The van der Waals surface area contributed by atoms with Gasteiger partial charge in [-0.25, -0.2) is 24.9 Å². The molecule has 1 atom stereocenters. The molecule has 174 valence electrons. The average molecular weight is 440 g/mol. The van der Waals surface area contributed by atoms with Gasteiger partial charge in [0.2, 0.25) is 5.91 Å². The summed E-state index contributed by atoms with van der Waals surface area (Å²) in [5.74, 6) is -0.817. The second kappa shape index (κ2) is 11.6. The van der Waals surface area contributed by atoms with Crippen LogP contribution >= 0.6 is 0 Å². The number of hydrogen-bond donors (Lipinski definition) is 4. The molecule has 0 bridgehead atoms. The van der Waals surface area contributed by atoms with E-state index in [0.717, 1.165) is 24.3 Å². The molecule has 11 heteroatoms. The Bertz CT molecular complexity index is 877. The second-order valence-electron chi connectivity index (χ2n) is 8.60. The van der Waals surface area contributed by atoms with Gasteiger partial charge in [0.05, 0.1) is 0 Å². The van der Waals surface area contributed by atoms with Crippen molar-refractivity contribution in [2.75, 3.05) is 5.01 Å². The van der Waals surface area contributed by atoms with E-state index in [2.05, 4.69) is 0 Å². The van der Waals surface area contributed by atoms with Gasteiger partial charge >= 0.3 is 17.1 Å². The minimum absolute atomic E-state index is 0.0134. The first-order valence-corrected chi connectivity index (χ1v) is 11.0. The van der Waals surface area contributed by atoms with Crippen molar-refractivity contribution in [3.8, 4) is 0 Å². The van der Waals surface area contributed by atoms with Gasteiger partial charge in [0.15, 0.2) is 0 Å². The number of carbonyl (C=O) groups excluding carboxylic acids is 2. The number of nitrogens with one attached hydrogen (secondary N) is 3. The van der Waals surface area contributed by atoms with Crippen LogP contribution < -0.4 is 27.6 Å². The van der Waals surface area contributed by atoms with Crippen LogP contribution in [-0.4, -0.2) is 37.7 Å². The lowest BCUT2D eigenvalue weighted by molar-refractivity contribution is -0.134. The number of hydroxylamine groups is 1. The Morgan fingerprint density at radius 2 is 1.71 bits per heavy atom. The Kier molecular flexibility index (Phi) is 9.22. The molecule has 0 spiro atoms. The zero-order valence-corrected chi connectivity index (χ0v) is 18.2. The van der Waals surface area contributed by atoms with Crippen LogP contribution in [0.4, 0.5) is 0 Å². The van der Waals surface area contributed by atoms with Crippen LogP contribution in [0, 0.1) is 11.8 Å². The fourth-order valence-corrected chi connectivity index (χ4v) is 4.09. The maximum Gasteiger partial charge on any atom is 0.353 e. The number of carbonyl (C=O) groups is 2. The van der Waals surface area contributed by atoms with E-state index < -0.39 is 34.9 Å². The topological polar surface area (TPSA) is 157 Å². The summed E-state index contributed by atoms with van der Waals surface area (Å²) in [5.41, 5.74) is -1.73. The minimum atomic E-state index is -1.28. The molecule has 0 aromatic carbocycles. The third kappa shape index (κ3) is 6.91. The van der Waals surface area contributed by atoms with Gasteiger partial charge in [-0.15, -0.1) is 4.68 Å². The fraction of sp³-hybridized carbons (Fsp3) is 0.750. The predicted molar refractivity (Wildman–Crippen MR) is 113 cm³/mol. The third-order valence-electron chi connectivity index (χ3n) is 5.75. The van der Waals surface area contributed by atoms with E-state index in [0.29, 0.717) is 23.4 Å². The molecule has 2 rings (SSSR count). The SMILES string of the molecule is CC(C)CCC(=O)N([C@@H](CCCC1CCCCC1)C(=O)NO)n1c(=O)[nH]c(=O)[nH]c1=O. The summed E-state index contributed by atoms with van der Waals surface area (Å²) < 4.78 is 0.435. The molecule has 0 radical (unpaired) electrons. The van der Waals surface area contributed by atoms with E-state index in [4.69, 9.17) is 0 Å². The molecule has 0 aliphatic heterocycles. The Labute approximate surface area is 179 Å². The molecule has 0 unspecified atom stereocenters. The van der Waals surface area contributed by atoms with Crippen LogP contribution in [0.2, 0.25) is 0 Å². The van der Waals surface area contributed by atoms with Crippen molar-refractivity contribution >= 4 is 11.8 Å². The molecule has 1 aromatic rings. The number of H-pyrrole nitrogens is 2. The zero-order valence-electron chi connectivity index (χ0n) is 18.2. The zero-order chi connectivity index (χ0) is 23.0. The first-order valence-electron chi connectivity index (χ1n) is 11.0. The van der Waals surface area contributed by atoms with Crippen LogP contribution in [0.1, 0.15) is 78.1 Å². The molecular formula is C20H33N5O6. The summed E-state index contributed by atoms with van der Waals surface area (Å²) in [5, 5.41) is 10.0. The van der Waals surface area contributed by atoms with Crippen LogP contribution in [0.25, 0.3) is 0 Å². The number of nitrogens with zero attached hydrogens (tertiary/aromatic N) is 2. The van der Waals surface area contributed by atoms with Crippen molar-refractivity contribution in [2.24, 2.45) is 11.8 Å². The summed E-state index contributed by atoms with van der Waals surface area (Å²) in [6.45, 7) is 3.83. The molecule has 1 heterocycles. The lowest BCUT2D eigenvalue weighted by atomic mass is 9.85. The number of aromatic amines is 2. The van der Waals surface area contributed by atoms with Gasteiger partial charge in [-0.2, -0.15) is 0 Å². The third-order valence-corrected chi connectivity index (χ3v) is 5.75. The smallest absolute Gasteiger partial charge is 0.289 e. The van der Waals surface area contributed by atoms with E-state index in [1.54, 1.807) is 5.48 Å². The monoisotopic (exact) mass is 439 g/mol. The summed E-state index contributed by atoms with van der Waals surface area (Å²) in [6.07, 6.45) is 7.85. The summed E-state index contributed by atoms with van der Waals surface area (Å²) in [4.78, 5) is 65.5. The molecule has 1 fully saturated rings. The van der Waals surface area contributed by atoms with E-state index >= 15 is 0 Å². The van der Waals surface area contributed by atoms with Gasteiger partial charge in [0.1, 0.15) is 6.04 Å². The van der Waals surface area contributed by atoms with E-state index in [1.165, 1.54) is 19.3 Å². The minimum Gasteiger partial charge on any atom is -0.289 e. The van der Waals surface area contributed by atoms with E-state index in [9.17, 15) is 29.2 Å². The highest BCUT2D eigenvalue weighted by Gasteiger charge is 2.33. The van der Waals surface area contributed by atoms with Crippen molar-refractivity contribution < 1.29 is 14.8 Å². The molecule has 1 aliphatic rings. The molecule has 1 aromatic heterocycles. The van der Waals surface area contributed by atoms with Gasteiger partial charge in [-0.05, 0) is 24.7 Å². The molecule has 0 saturated heterocycles. The van der Waals surface area contributed by atoms with Crippen LogP contribution in [-0.2, 0) is 9.59 Å². The molecule has 31 heavy (non-hydrogen) atoms. The highest BCUT2D eigenvalue weighted by atomic mass is 16.5. The number of rotatable bonds is 10. The highest BCUT2D eigenvalue weighted by Crippen LogP contribution is 2.28.